The maximum absolute atomic E-state index is 4.38. The Labute approximate surface area is 121 Å². The molecular weight excluding hydrogens is 254 g/mol. The second kappa shape index (κ2) is 7.36. The molecule has 1 fully saturated rings. The molecular formula is C15H27N3S. The third-order valence-electron chi connectivity index (χ3n) is 4.50. The molecule has 0 aliphatic heterocycles. The largest absolute Gasteiger partial charge is 0.317 e. The first kappa shape index (κ1) is 14.9. The fraction of sp³-hybridized carbons (Fsp3) is 0.800. The Bertz CT molecular complexity index is 352. The van der Waals surface area contributed by atoms with Gasteiger partial charge in [-0.15, -0.1) is 11.3 Å². The molecule has 0 radical (unpaired) electrons. The Kier molecular flexibility index (Phi) is 5.79. The number of rotatable bonds is 6. The summed E-state index contributed by atoms with van der Waals surface area (Å²) >= 11 is 1.69. The maximum Gasteiger partial charge on any atom is 0.0795 e. The van der Waals surface area contributed by atoms with Gasteiger partial charge in [-0.1, -0.05) is 13.3 Å². The lowest BCUT2D eigenvalue weighted by Gasteiger charge is -2.37. The van der Waals surface area contributed by atoms with Gasteiger partial charge in [0.05, 0.1) is 11.2 Å². The van der Waals surface area contributed by atoms with E-state index in [2.05, 4.69) is 41.6 Å². The van der Waals surface area contributed by atoms with E-state index in [9.17, 15) is 0 Å². The Balaban J connectivity index is 1.87. The summed E-state index contributed by atoms with van der Waals surface area (Å²) in [6.07, 6.45) is 5.45. The second-order valence-corrected chi connectivity index (χ2v) is 6.64. The van der Waals surface area contributed by atoms with Crippen LogP contribution in [0.25, 0.3) is 0 Å². The molecule has 1 aliphatic rings. The quantitative estimate of drug-likeness (QED) is 0.869. The molecule has 0 spiro atoms. The van der Waals surface area contributed by atoms with Gasteiger partial charge in [-0.3, -0.25) is 0 Å². The highest BCUT2D eigenvalue weighted by molar-refractivity contribution is 7.07. The molecule has 1 aliphatic carbocycles. The molecule has 2 rings (SSSR count). The van der Waals surface area contributed by atoms with Crippen molar-refractivity contribution in [3.05, 3.63) is 16.6 Å². The predicted octanol–water partition coefficient (Wildman–Crippen LogP) is 2.99. The summed E-state index contributed by atoms with van der Waals surface area (Å²) in [5.74, 6) is 1.72. The van der Waals surface area contributed by atoms with Crippen molar-refractivity contribution >= 4 is 11.3 Å². The van der Waals surface area contributed by atoms with Gasteiger partial charge in [0.2, 0.25) is 0 Å². The topological polar surface area (TPSA) is 28.2 Å². The number of hydrogen-bond donors (Lipinski definition) is 1. The summed E-state index contributed by atoms with van der Waals surface area (Å²) in [6, 6.07) is 0.695. The number of thiazole rings is 1. The van der Waals surface area contributed by atoms with Crippen LogP contribution in [-0.4, -0.2) is 36.6 Å². The number of hydrogen-bond acceptors (Lipinski definition) is 4. The molecule has 3 atom stereocenters. The number of nitrogens with one attached hydrogen (secondary N) is 1. The van der Waals surface area contributed by atoms with Crippen LogP contribution in [0, 0.1) is 11.8 Å². The van der Waals surface area contributed by atoms with Gasteiger partial charge in [0.15, 0.2) is 0 Å². The third-order valence-corrected chi connectivity index (χ3v) is 5.14. The highest BCUT2D eigenvalue weighted by atomic mass is 32.1. The highest BCUT2D eigenvalue weighted by Gasteiger charge is 2.29. The Morgan fingerprint density at radius 1 is 1.47 bits per heavy atom. The first-order chi connectivity index (χ1) is 9.22. The van der Waals surface area contributed by atoms with Crippen LogP contribution in [0.1, 0.15) is 38.3 Å². The van der Waals surface area contributed by atoms with Gasteiger partial charge >= 0.3 is 0 Å². The van der Waals surface area contributed by atoms with Crippen LogP contribution in [0.2, 0.25) is 0 Å². The zero-order valence-electron chi connectivity index (χ0n) is 12.4. The molecule has 0 bridgehead atoms. The van der Waals surface area contributed by atoms with Gasteiger partial charge in [-0.25, -0.2) is 4.98 Å². The van der Waals surface area contributed by atoms with Crippen molar-refractivity contribution in [1.82, 2.24) is 15.2 Å². The molecule has 1 aromatic heterocycles. The lowest BCUT2D eigenvalue weighted by atomic mass is 9.76. The van der Waals surface area contributed by atoms with E-state index >= 15 is 0 Å². The molecule has 1 heterocycles. The normalized spacial score (nSPS) is 27.9. The first-order valence-corrected chi connectivity index (χ1v) is 8.40. The van der Waals surface area contributed by atoms with Gasteiger partial charge in [0.1, 0.15) is 0 Å². The second-order valence-electron chi connectivity index (χ2n) is 5.92. The van der Waals surface area contributed by atoms with Crippen molar-refractivity contribution < 1.29 is 0 Å². The van der Waals surface area contributed by atoms with E-state index in [-0.39, 0.29) is 0 Å². The molecule has 3 nitrogen and oxygen atoms in total. The molecule has 1 saturated carbocycles. The monoisotopic (exact) mass is 281 g/mol. The summed E-state index contributed by atoms with van der Waals surface area (Å²) < 4.78 is 0. The van der Waals surface area contributed by atoms with Crippen LogP contribution in [0.3, 0.4) is 0 Å². The minimum absolute atomic E-state index is 0.695. The standard InChI is InChI=1S/C15H27N3S/c1-4-12-5-6-15(16-2)13(7-12)8-18(3)9-14-10-19-11-17-14/h10-13,15-16H,4-9H2,1-3H3. The molecule has 4 heteroatoms. The van der Waals surface area contributed by atoms with E-state index in [1.807, 2.05) is 5.51 Å². The van der Waals surface area contributed by atoms with E-state index in [1.54, 1.807) is 11.3 Å². The predicted molar refractivity (Wildman–Crippen MR) is 82.4 cm³/mol. The van der Waals surface area contributed by atoms with Crippen molar-refractivity contribution in [2.75, 3.05) is 20.6 Å². The summed E-state index contributed by atoms with van der Waals surface area (Å²) in [6.45, 7) is 4.49. The van der Waals surface area contributed by atoms with Crippen molar-refractivity contribution in [1.29, 1.82) is 0 Å². The maximum atomic E-state index is 4.38. The fourth-order valence-electron chi connectivity index (χ4n) is 3.37. The smallest absolute Gasteiger partial charge is 0.0795 e. The number of nitrogens with zero attached hydrogens (tertiary/aromatic N) is 2. The minimum atomic E-state index is 0.695. The summed E-state index contributed by atoms with van der Waals surface area (Å²) in [5, 5.41) is 5.68. The lowest BCUT2D eigenvalue weighted by Crippen LogP contribution is -2.43. The zero-order chi connectivity index (χ0) is 13.7. The Hall–Kier alpha value is -0.450. The van der Waals surface area contributed by atoms with Crippen LogP contribution >= 0.6 is 11.3 Å². The number of aromatic nitrogens is 1. The SMILES string of the molecule is CCC1CCC(NC)C(CN(C)Cc2cscn2)C1. The molecule has 1 N–H and O–H groups in total. The van der Waals surface area contributed by atoms with Crippen molar-refractivity contribution in [3.63, 3.8) is 0 Å². The third kappa shape index (κ3) is 4.26. The fourth-order valence-corrected chi connectivity index (χ4v) is 3.92. The molecule has 0 amide bonds. The van der Waals surface area contributed by atoms with E-state index < -0.39 is 0 Å². The van der Waals surface area contributed by atoms with E-state index in [4.69, 9.17) is 0 Å². The van der Waals surface area contributed by atoms with Crippen molar-refractivity contribution in [2.45, 2.75) is 45.2 Å². The van der Waals surface area contributed by atoms with Crippen LogP contribution in [0.4, 0.5) is 0 Å². The molecule has 1 aromatic rings. The Morgan fingerprint density at radius 2 is 2.32 bits per heavy atom. The van der Waals surface area contributed by atoms with Crippen molar-refractivity contribution in [3.8, 4) is 0 Å². The summed E-state index contributed by atoms with van der Waals surface area (Å²) in [7, 11) is 4.34. The first-order valence-electron chi connectivity index (χ1n) is 7.45. The summed E-state index contributed by atoms with van der Waals surface area (Å²) in [4.78, 5) is 6.81. The van der Waals surface area contributed by atoms with Crippen LogP contribution < -0.4 is 5.32 Å². The van der Waals surface area contributed by atoms with Crippen LogP contribution in [0.15, 0.2) is 10.9 Å². The van der Waals surface area contributed by atoms with E-state index in [1.165, 1.54) is 37.9 Å². The van der Waals surface area contributed by atoms with Gasteiger partial charge in [-0.2, -0.15) is 0 Å². The van der Waals surface area contributed by atoms with Crippen LogP contribution in [0.5, 0.6) is 0 Å². The minimum Gasteiger partial charge on any atom is -0.317 e. The van der Waals surface area contributed by atoms with E-state index in [0.717, 1.165) is 18.4 Å². The van der Waals surface area contributed by atoms with Gasteiger partial charge in [-0.05, 0) is 45.2 Å². The molecule has 3 unspecified atom stereocenters. The van der Waals surface area contributed by atoms with Gasteiger partial charge in [0.25, 0.3) is 0 Å². The zero-order valence-corrected chi connectivity index (χ0v) is 13.2. The molecule has 108 valence electrons. The molecule has 0 aromatic carbocycles. The summed E-state index contributed by atoms with van der Waals surface area (Å²) in [5.41, 5.74) is 3.13. The highest BCUT2D eigenvalue weighted by Crippen LogP contribution is 2.31. The van der Waals surface area contributed by atoms with Crippen LogP contribution in [-0.2, 0) is 6.54 Å². The van der Waals surface area contributed by atoms with Crippen molar-refractivity contribution in [2.24, 2.45) is 11.8 Å². The average molecular weight is 281 g/mol. The molecule has 19 heavy (non-hydrogen) atoms. The van der Waals surface area contributed by atoms with E-state index in [0.29, 0.717) is 6.04 Å². The average Bonchev–Trinajstić information content (AvgIpc) is 2.91. The van der Waals surface area contributed by atoms with Gasteiger partial charge in [0, 0.05) is 24.5 Å². The molecule has 0 saturated heterocycles. The van der Waals surface area contributed by atoms with Gasteiger partial charge < -0.3 is 10.2 Å². The lowest BCUT2D eigenvalue weighted by molar-refractivity contribution is 0.153. The Morgan fingerprint density at radius 3 is 2.95 bits per heavy atom.